The van der Waals surface area contributed by atoms with Crippen molar-refractivity contribution in [1.29, 1.82) is 0 Å². The van der Waals surface area contributed by atoms with Gasteiger partial charge in [0.15, 0.2) is 17.6 Å². The Kier molecular flexibility index (Phi) is 16.2. The van der Waals surface area contributed by atoms with E-state index in [1.54, 1.807) is 30.3 Å². The number of rotatable bonds is 16. The number of benzene rings is 4. The van der Waals surface area contributed by atoms with Crippen molar-refractivity contribution in [2.45, 2.75) is 56.1 Å². The summed E-state index contributed by atoms with van der Waals surface area (Å²) in [6.45, 7) is 7.35. The van der Waals surface area contributed by atoms with Crippen LogP contribution in [0.15, 0.2) is 113 Å². The summed E-state index contributed by atoms with van der Waals surface area (Å²) in [6.07, 6.45) is -8.93. The number of carboxylic acids is 2. The third-order valence-corrected chi connectivity index (χ3v) is 10.3. The monoisotopic (exact) mass is 825 g/mol. The fourth-order valence-corrected chi connectivity index (χ4v) is 6.81. The van der Waals surface area contributed by atoms with Gasteiger partial charge in [-0.3, -0.25) is 9.59 Å². The van der Waals surface area contributed by atoms with Gasteiger partial charge in [-0.2, -0.15) is 13.2 Å². The van der Waals surface area contributed by atoms with Crippen LogP contribution in [0, 0.1) is 5.82 Å². The summed E-state index contributed by atoms with van der Waals surface area (Å²) in [5, 5.41) is 33.7. The second-order valence-corrected chi connectivity index (χ2v) is 14.0. The number of alkyl halides is 3. The number of pyridine rings is 1. The molecule has 0 fully saturated rings. The van der Waals surface area contributed by atoms with E-state index in [1.165, 1.54) is 36.0 Å². The summed E-state index contributed by atoms with van der Waals surface area (Å²) in [6, 6.07) is 27.5. The predicted octanol–water partition coefficient (Wildman–Crippen LogP) is 6.37. The SMILES string of the molecule is CCN(CC)CCN(Cc1ccc(-c2ccc(C(F)(F)F)cc2)cc1)C(=O)Cn1c(SCc2ccc(F)cc2)cc(=O)c2ccccc21.O=C(O)C(O)C(O)C(=O)O. The molecule has 5 aromatic rings. The van der Waals surface area contributed by atoms with Gasteiger partial charge < -0.3 is 34.8 Å². The van der Waals surface area contributed by atoms with E-state index < -0.39 is 35.9 Å². The standard InChI is InChI=1S/C38H37F4N3O2S.C4H6O6/c1-3-43(4-2)21-22-44(24-27-9-13-29(14-10-27)30-15-17-31(18-16-30)38(40,41)42)36(47)25-45-34-8-6-5-7-33(34)35(46)23-37(45)48-26-28-11-19-32(39)20-12-28;5-1(3(7)8)2(6)4(9)10/h5-20,23H,3-4,21-22,24-26H2,1-2H3;1-2,5-6H,(H,7,8)(H,9,10). The highest BCUT2D eigenvalue weighted by molar-refractivity contribution is 7.98. The normalized spacial score (nSPS) is 12.4. The number of aliphatic carboxylic acids is 2. The molecular formula is C42H43F4N3O8S. The van der Waals surface area contributed by atoms with Crippen LogP contribution in [-0.2, 0) is 39.4 Å². The maximum Gasteiger partial charge on any atom is 0.416 e. The molecule has 1 aromatic heterocycles. The summed E-state index contributed by atoms with van der Waals surface area (Å²) in [5.74, 6) is -3.49. The second kappa shape index (κ2) is 20.7. The van der Waals surface area contributed by atoms with Gasteiger partial charge in [-0.15, -0.1) is 11.8 Å². The molecule has 0 saturated heterocycles. The average Bonchev–Trinajstić information content (AvgIpc) is 3.21. The van der Waals surface area contributed by atoms with Gasteiger partial charge in [0.25, 0.3) is 0 Å². The zero-order chi connectivity index (χ0) is 42.6. The highest BCUT2D eigenvalue weighted by Gasteiger charge is 2.30. The van der Waals surface area contributed by atoms with E-state index in [-0.39, 0.29) is 23.7 Å². The van der Waals surface area contributed by atoms with Crippen LogP contribution in [0.25, 0.3) is 22.0 Å². The van der Waals surface area contributed by atoms with Crippen LogP contribution in [0.2, 0.25) is 0 Å². The van der Waals surface area contributed by atoms with Crippen LogP contribution >= 0.6 is 11.8 Å². The molecular weight excluding hydrogens is 783 g/mol. The fraction of sp³-hybridized carbons (Fsp3) is 0.286. The topological polar surface area (TPSA) is 161 Å². The van der Waals surface area contributed by atoms with Gasteiger partial charge in [0.05, 0.1) is 16.1 Å². The Morgan fingerprint density at radius 2 is 1.29 bits per heavy atom. The molecule has 0 aliphatic heterocycles. The first-order valence-electron chi connectivity index (χ1n) is 18.1. The van der Waals surface area contributed by atoms with Crippen LogP contribution in [0.5, 0.6) is 0 Å². The number of carbonyl (C=O) groups is 3. The first-order chi connectivity index (χ1) is 27.5. The molecule has 16 heteroatoms. The molecule has 1 amide bonds. The lowest BCUT2D eigenvalue weighted by Gasteiger charge is -2.28. The van der Waals surface area contributed by atoms with Gasteiger partial charge in [0.2, 0.25) is 5.91 Å². The zero-order valence-electron chi connectivity index (χ0n) is 31.6. The van der Waals surface area contributed by atoms with Gasteiger partial charge in [-0.25, -0.2) is 14.0 Å². The van der Waals surface area contributed by atoms with Gasteiger partial charge in [0.1, 0.15) is 12.4 Å². The van der Waals surface area contributed by atoms with E-state index in [4.69, 9.17) is 20.4 Å². The number of hydrogen-bond acceptors (Lipinski definition) is 8. The Morgan fingerprint density at radius 3 is 1.83 bits per heavy atom. The molecule has 4 aromatic carbocycles. The molecule has 11 nitrogen and oxygen atoms in total. The van der Waals surface area contributed by atoms with Crippen LogP contribution < -0.4 is 5.43 Å². The van der Waals surface area contributed by atoms with Crippen molar-refractivity contribution >= 4 is 40.5 Å². The first-order valence-corrected chi connectivity index (χ1v) is 19.1. The largest absolute Gasteiger partial charge is 0.479 e. The van der Waals surface area contributed by atoms with Crippen molar-refractivity contribution < 1.29 is 52.4 Å². The number of amides is 1. The number of carboxylic acid groups (broad SMARTS) is 2. The Morgan fingerprint density at radius 1 is 0.759 bits per heavy atom. The molecule has 0 bridgehead atoms. The third kappa shape index (κ3) is 12.5. The lowest BCUT2D eigenvalue weighted by atomic mass is 10.0. The molecule has 5 rings (SSSR count). The number of likely N-dealkylation sites (N-methyl/N-ethyl adjacent to an activating group) is 1. The minimum Gasteiger partial charge on any atom is -0.479 e. The summed E-state index contributed by atoms with van der Waals surface area (Å²) >= 11 is 1.42. The Labute approximate surface area is 335 Å². The number of halogens is 4. The molecule has 0 aliphatic carbocycles. The van der Waals surface area contributed by atoms with E-state index in [9.17, 15) is 36.7 Å². The van der Waals surface area contributed by atoms with E-state index >= 15 is 0 Å². The smallest absolute Gasteiger partial charge is 0.416 e. The molecule has 4 N–H and O–H groups in total. The highest BCUT2D eigenvalue weighted by Crippen LogP contribution is 2.31. The zero-order valence-corrected chi connectivity index (χ0v) is 32.4. The van der Waals surface area contributed by atoms with Crippen LogP contribution in [0.4, 0.5) is 17.6 Å². The average molecular weight is 826 g/mol. The number of thioether (sulfide) groups is 1. The Bertz CT molecular complexity index is 2190. The van der Waals surface area contributed by atoms with E-state index in [0.29, 0.717) is 46.9 Å². The van der Waals surface area contributed by atoms with E-state index in [1.807, 2.05) is 45.9 Å². The quantitative estimate of drug-likeness (QED) is 0.0651. The number of aromatic nitrogens is 1. The number of nitrogens with zero attached hydrogens (tertiary/aromatic N) is 3. The number of hydrogen-bond donors (Lipinski definition) is 4. The number of carbonyl (C=O) groups excluding carboxylic acids is 1. The highest BCUT2D eigenvalue weighted by atomic mass is 32.2. The molecule has 58 heavy (non-hydrogen) atoms. The maximum absolute atomic E-state index is 14.2. The van der Waals surface area contributed by atoms with Gasteiger partial charge >= 0.3 is 18.1 Å². The molecule has 1 heterocycles. The third-order valence-electron chi connectivity index (χ3n) is 9.19. The van der Waals surface area contributed by atoms with E-state index in [0.717, 1.165) is 41.9 Å². The van der Waals surface area contributed by atoms with Gasteiger partial charge in [-0.1, -0.05) is 74.5 Å². The predicted molar refractivity (Wildman–Crippen MR) is 212 cm³/mol. The lowest BCUT2D eigenvalue weighted by Crippen LogP contribution is -2.40. The number of aliphatic hydroxyl groups is 2. The van der Waals surface area contributed by atoms with Gasteiger partial charge in [0, 0.05) is 36.8 Å². The number of fused-ring (bicyclic) bond motifs is 1. The molecule has 2 unspecified atom stereocenters. The van der Waals surface area contributed by atoms with Crippen molar-refractivity contribution in [1.82, 2.24) is 14.4 Å². The molecule has 2 atom stereocenters. The number of aliphatic hydroxyl groups excluding tert-OH is 2. The Balaban J connectivity index is 0.000000657. The number of para-hydroxylation sites is 1. The van der Waals surface area contributed by atoms with Crippen molar-refractivity contribution in [2.24, 2.45) is 0 Å². The molecule has 0 aliphatic rings. The van der Waals surface area contributed by atoms with Gasteiger partial charge in [-0.05, 0) is 71.7 Å². The summed E-state index contributed by atoms with van der Waals surface area (Å²) < 4.78 is 54.5. The Hall–Kier alpha value is -5.55. The van der Waals surface area contributed by atoms with Crippen LogP contribution in [0.1, 0.15) is 30.5 Å². The molecule has 308 valence electrons. The minimum absolute atomic E-state index is 0.00837. The molecule has 0 saturated carbocycles. The van der Waals surface area contributed by atoms with E-state index in [2.05, 4.69) is 18.7 Å². The van der Waals surface area contributed by atoms with Crippen molar-refractivity contribution in [2.75, 3.05) is 26.2 Å². The second-order valence-electron chi connectivity index (χ2n) is 13.0. The van der Waals surface area contributed by atoms with Crippen LogP contribution in [-0.4, -0.2) is 91.0 Å². The summed E-state index contributed by atoms with van der Waals surface area (Å²) in [5.41, 5.74) is 3.04. The fourth-order valence-electron chi connectivity index (χ4n) is 5.80. The van der Waals surface area contributed by atoms with Crippen LogP contribution in [0.3, 0.4) is 0 Å². The van der Waals surface area contributed by atoms with Crippen molar-refractivity contribution in [3.63, 3.8) is 0 Å². The lowest BCUT2D eigenvalue weighted by molar-refractivity contribution is -0.165. The minimum atomic E-state index is -4.40. The summed E-state index contributed by atoms with van der Waals surface area (Å²) in [7, 11) is 0. The van der Waals surface area contributed by atoms with Crippen molar-refractivity contribution in [3.8, 4) is 11.1 Å². The summed E-state index contributed by atoms with van der Waals surface area (Å²) in [4.78, 5) is 50.8. The first kappa shape index (κ1) is 45.2. The molecule has 0 spiro atoms. The molecule has 0 radical (unpaired) electrons. The maximum atomic E-state index is 14.2. The van der Waals surface area contributed by atoms with Crippen molar-refractivity contribution in [3.05, 3.63) is 136 Å².